The van der Waals surface area contributed by atoms with Crippen LogP contribution in [0.25, 0.3) is 0 Å². The van der Waals surface area contributed by atoms with Gasteiger partial charge in [-0.25, -0.2) is 9.18 Å². The normalized spacial score (nSPS) is 20.4. The Labute approximate surface area is 79.3 Å². The summed E-state index contributed by atoms with van der Waals surface area (Å²) < 4.78 is 17.6. The van der Waals surface area contributed by atoms with Gasteiger partial charge in [0.15, 0.2) is 11.6 Å². The molecule has 1 aliphatic heterocycles. The van der Waals surface area contributed by atoms with Crippen LogP contribution < -0.4 is 5.32 Å². The molecule has 2 rings (SSSR count). The van der Waals surface area contributed by atoms with E-state index >= 15 is 0 Å². The molecule has 0 aliphatic carbocycles. The van der Waals surface area contributed by atoms with E-state index in [0.717, 1.165) is 0 Å². The number of hydrogen-bond donors (Lipinski definition) is 2. The molecule has 74 valence electrons. The first-order chi connectivity index (χ1) is 6.66. The molecule has 1 aromatic carbocycles. The lowest BCUT2D eigenvalue weighted by Gasteiger charge is -2.07. The van der Waals surface area contributed by atoms with Crippen molar-refractivity contribution in [2.45, 2.75) is 6.04 Å². The van der Waals surface area contributed by atoms with Crippen LogP contribution in [0.15, 0.2) is 18.2 Å². The number of carbonyl (C=O) groups is 1. The van der Waals surface area contributed by atoms with Gasteiger partial charge in [-0.3, -0.25) is 0 Å². The molecule has 2 N–H and O–H groups in total. The van der Waals surface area contributed by atoms with Gasteiger partial charge in [-0.15, -0.1) is 0 Å². The van der Waals surface area contributed by atoms with E-state index in [4.69, 9.17) is 5.11 Å². The molecule has 1 aromatic rings. The van der Waals surface area contributed by atoms with Crippen LogP contribution in [0.4, 0.5) is 9.18 Å². The van der Waals surface area contributed by atoms with E-state index < -0.39 is 17.7 Å². The van der Waals surface area contributed by atoms with E-state index in [-0.39, 0.29) is 12.6 Å². The highest BCUT2D eigenvalue weighted by Crippen LogP contribution is 2.23. The van der Waals surface area contributed by atoms with E-state index in [1.165, 1.54) is 18.2 Å². The molecule has 1 fully saturated rings. The number of phenolic OH excluding ortho intramolecular Hbond substituents is 1. The maximum atomic E-state index is 12.9. The van der Waals surface area contributed by atoms with Crippen molar-refractivity contribution in [2.24, 2.45) is 0 Å². The van der Waals surface area contributed by atoms with Gasteiger partial charge in [0.2, 0.25) is 0 Å². The summed E-state index contributed by atoms with van der Waals surface area (Å²) in [7, 11) is 0. The summed E-state index contributed by atoms with van der Waals surface area (Å²) in [5.74, 6) is -1.11. The fourth-order valence-electron chi connectivity index (χ4n) is 1.30. The van der Waals surface area contributed by atoms with E-state index in [9.17, 15) is 9.18 Å². The Kier molecular flexibility index (Phi) is 1.99. The number of benzene rings is 1. The smallest absolute Gasteiger partial charge is 0.407 e. The third-order valence-corrected chi connectivity index (χ3v) is 2.05. The molecule has 0 spiro atoms. The molecule has 0 radical (unpaired) electrons. The maximum absolute atomic E-state index is 12.9. The molecule has 1 saturated heterocycles. The van der Waals surface area contributed by atoms with E-state index in [1.807, 2.05) is 0 Å². The summed E-state index contributed by atoms with van der Waals surface area (Å²) in [6, 6.07) is 3.62. The molecule has 1 amide bonds. The first kappa shape index (κ1) is 8.80. The van der Waals surface area contributed by atoms with Gasteiger partial charge >= 0.3 is 6.09 Å². The second-order valence-electron chi connectivity index (χ2n) is 3.01. The predicted molar refractivity (Wildman–Crippen MR) is 45.3 cm³/mol. The number of hydrogen-bond acceptors (Lipinski definition) is 3. The fraction of sp³-hybridized carbons (Fsp3) is 0.222. The largest absolute Gasteiger partial charge is 0.505 e. The Hall–Kier alpha value is -1.78. The van der Waals surface area contributed by atoms with E-state index in [1.54, 1.807) is 0 Å². The quantitative estimate of drug-likeness (QED) is 0.713. The molecule has 14 heavy (non-hydrogen) atoms. The Morgan fingerprint density at radius 2 is 2.36 bits per heavy atom. The van der Waals surface area contributed by atoms with Gasteiger partial charge in [0.25, 0.3) is 0 Å². The van der Waals surface area contributed by atoms with Crippen LogP contribution in [0, 0.1) is 5.82 Å². The van der Waals surface area contributed by atoms with Crippen molar-refractivity contribution in [1.29, 1.82) is 0 Å². The number of alkyl carbamates (subject to hydrolysis) is 1. The Morgan fingerprint density at radius 3 is 2.93 bits per heavy atom. The third-order valence-electron chi connectivity index (χ3n) is 2.05. The Bertz CT molecular complexity index is 380. The number of halogens is 1. The summed E-state index contributed by atoms with van der Waals surface area (Å²) in [6.07, 6.45) is -0.511. The number of aromatic hydroxyl groups is 1. The number of cyclic esters (lactones) is 1. The maximum Gasteiger partial charge on any atom is 0.407 e. The van der Waals surface area contributed by atoms with Gasteiger partial charge in [0.05, 0.1) is 6.04 Å². The minimum atomic E-state index is -0.705. The van der Waals surface area contributed by atoms with Gasteiger partial charge in [-0.2, -0.15) is 0 Å². The zero-order valence-corrected chi connectivity index (χ0v) is 7.16. The number of phenols is 1. The molecule has 5 heteroatoms. The average Bonchev–Trinajstić information content (AvgIpc) is 2.57. The molecule has 1 heterocycles. The molecular weight excluding hydrogens is 189 g/mol. The first-order valence-corrected chi connectivity index (χ1v) is 4.08. The standard InChI is InChI=1S/C9H8FNO3/c10-6-3-5(1-2-8(6)12)7-4-14-9(13)11-7/h1-3,7,12H,4H2,(H,11,13). The van der Waals surface area contributed by atoms with Gasteiger partial charge in [0.1, 0.15) is 6.61 Å². The van der Waals surface area contributed by atoms with Crippen molar-refractivity contribution in [1.82, 2.24) is 5.32 Å². The summed E-state index contributed by atoms with van der Waals surface area (Å²) in [6.45, 7) is 0.184. The highest BCUT2D eigenvalue weighted by atomic mass is 19.1. The number of amides is 1. The lowest BCUT2D eigenvalue weighted by Crippen LogP contribution is -2.18. The summed E-state index contributed by atoms with van der Waals surface area (Å²) in [5.41, 5.74) is 0.575. The summed E-state index contributed by atoms with van der Waals surface area (Å²) >= 11 is 0. The second kappa shape index (κ2) is 3.17. The zero-order valence-electron chi connectivity index (χ0n) is 7.16. The monoisotopic (exact) mass is 197 g/mol. The average molecular weight is 197 g/mol. The molecular formula is C9H8FNO3. The number of rotatable bonds is 1. The van der Waals surface area contributed by atoms with Gasteiger partial charge in [0, 0.05) is 0 Å². The fourth-order valence-corrected chi connectivity index (χ4v) is 1.30. The van der Waals surface area contributed by atoms with Crippen LogP contribution in [0.3, 0.4) is 0 Å². The molecule has 1 aliphatic rings. The van der Waals surface area contributed by atoms with Crippen LogP contribution in [0.1, 0.15) is 11.6 Å². The number of nitrogens with one attached hydrogen (secondary N) is 1. The molecule has 0 bridgehead atoms. The molecule has 0 saturated carbocycles. The van der Waals surface area contributed by atoms with Crippen molar-refractivity contribution in [3.05, 3.63) is 29.6 Å². The minimum Gasteiger partial charge on any atom is -0.505 e. The van der Waals surface area contributed by atoms with Crippen LogP contribution in [-0.2, 0) is 4.74 Å². The molecule has 4 nitrogen and oxygen atoms in total. The number of ether oxygens (including phenoxy) is 1. The predicted octanol–water partition coefficient (Wildman–Crippen LogP) is 1.31. The van der Waals surface area contributed by atoms with Crippen LogP contribution in [-0.4, -0.2) is 17.8 Å². The summed E-state index contributed by atoms with van der Waals surface area (Å²) in [4.78, 5) is 10.7. The van der Waals surface area contributed by atoms with Crippen molar-refractivity contribution in [3.63, 3.8) is 0 Å². The van der Waals surface area contributed by atoms with Gasteiger partial charge in [-0.05, 0) is 17.7 Å². The lowest BCUT2D eigenvalue weighted by atomic mass is 10.1. The number of carbonyl (C=O) groups excluding carboxylic acids is 1. The van der Waals surface area contributed by atoms with Gasteiger partial charge < -0.3 is 15.2 Å². The third kappa shape index (κ3) is 1.48. The highest BCUT2D eigenvalue weighted by Gasteiger charge is 2.24. The molecule has 1 atom stereocenters. The van der Waals surface area contributed by atoms with Crippen LogP contribution in [0.5, 0.6) is 5.75 Å². The van der Waals surface area contributed by atoms with Crippen molar-refractivity contribution < 1.29 is 19.0 Å². The van der Waals surface area contributed by atoms with Crippen molar-refractivity contribution in [3.8, 4) is 5.75 Å². The molecule has 1 unspecified atom stereocenters. The SMILES string of the molecule is O=C1NC(c2ccc(O)c(F)c2)CO1. The lowest BCUT2D eigenvalue weighted by molar-refractivity contribution is 0.177. The van der Waals surface area contributed by atoms with E-state index in [2.05, 4.69) is 10.1 Å². The van der Waals surface area contributed by atoms with Gasteiger partial charge in [-0.1, -0.05) is 6.07 Å². The zero-order chi connectivity index (χ0) is 10.1. The Morgan fingerprint density at radius 1 is 1.57 bits per heavy atom. The Balaban J connectivity index is 2.24. The second-order valence-corrected chi connectivity index (χ2v) is 3.01. The van der Waals surface area contributed by atoms with E-state index in [0.29, 0.717) is 5.56 Å². The topological polar surface area (TPSA) is 58.6 Å². The van der Waals surface area contributed by atoms with Crippen LogP contribution >= 0.6 is 0 Å². The van der Waals surface area contributed by atoms with Crippen molar-refractivity contribution in [2.75, 3.05) is 6.61 Å². The summed E-state index contributed by atoms with van der Waals surface area (Å²) in [5, 5.41) is 11.5. The van der Waals surface area contributed by atoms with Crippen LogP contribution in [0.2, 0.25) is 0 Å². The van der Waals surface area contributed by atoms with Crippen molar-refractivity contribution >= 4 is 6.09 Å². The molecule has 0 aromatic heterocycles. The first-order valence-electron chi connectivity index (χ1n) is 4.08. The minimum absolute atomic E-state index is 0.184. The highest BCUT2D eigenvalue weighted by molar-refractivity contribution is 5.70.